The van der Waals surface area contributed by atoms with Gasteiger partial charge in [0.25, 0.3) is 0 Å². The maximum atomic E-state index is 13.2. The maximum absolute atomic E-state index is 13.2. The summed E-state index contributed by atoms with van der Waals surface area (Å²) in [4.78, 5) is 38.5. The molecule has 36 N–H and O–H groups in total. The van der Waals surface area contributed by atoms with Crippen molar-refractivity contribution in [2.75, 3.05) is 66.1 Å². The van der Waals surface area contributed by atoms with Crippen molar-refractivity contribution < 1.29 is 292 Å². The topological polar surface area (TPSA) is 967 Å². The third kappa shape index (κ3) is 24.7. The summed E-state index contributed by atoms with van der Waals surface area (Å²) in [5, 5.41) is 377. The van der Waals surface area contributed by atoms with Gasteiger partial charge in [0.2, 0.25) is 17.7 Å². The molecule has 140 heavy (non-hydrogen) atoms. The summed E-state index contributed by atoms with van der Waals surface area (Å²) >= 11 is 0. The molecule has 0 radical (unpaired) electrons. The number of nitrogens with one attached hydrogen (secondary N) is 3. The standard InChI is InChI=1S/C78H131N3O59/c1-16-34(93)45(104)51(110)70(120-16)139-65-47(106)37(96)22(7-83)126-77(65)137-62-39(98)24(9-85)124-74(55(62)114)133-59-27(12-88)129-72(53(112)49(59)108)132-58-26(11-87)128-69(32(44(58)103)80-19(4)91)119-15-30-42(101)64(57(116)76(131-30)135-61-33(81-20(5)92)67(117)122-29(41(61)100)14-118-68-31(79-18(3)90)43(102)36(95)21(6-82)123-68)136-73-54(113)50(109)60(28(13-89)130-73)134-75-56(115)63(40(99)25(10-86)125-75)138-78-66(48(107)38(97)23(8-84)127-78)140-71-52(111)46(105)35(94)17(2)121-71/h16-17,21-78,82-89,93-117H,6-15H2,1-5H3,(H,79,90)(H,80,91)(H,81,92)/t16-,17-,21+,22+,23+,24+,25+,26+,27+,28+,29+,30+,31+,32+,33+,34+,35+,36+,37-,38-,39-,40-,41-,42-,43+,44+,45+,46+,47-,48-,49+,50+,51-,52-,53+,54+,55+,56+,57+,58+,59-,60-,61+,62-,63-,64-,65+,66+,67-,68+,69+,70-,71-,72-,73-,74+,75+,76-,77+,78+/m0/s1. The molecule has 12 aliphatic rings. The van der Waals surface area contributed by atoms with E-state index in [-0.39, 0.29) is 0 Å². The molecule has 0 spiro atoms. The number of rotatable bonds is 35. The van der Waals surface area contributed by atoms with E-state index in [9.17, 15) is 183 Å². The van der Waals surface area contributed by atoms with E-state index in [1.54, 1.807) is 0 Å². The Morgan fingerprint density at radius 3 is 0.793 bits per heavy atom. The summed E-state index contributed by atoms with van der Waals surface area (Å²) in [6.45, 7) is -5.82. The molecule has 812 valence electrons. The zero-order chi connectivity index (χ0) is 103. The monoisotopic (exact) mass is 2050 g/mol. The minimum absolute atomic E-state index is 0.802. The van der Waals surface area contributed by atoms with Crippen LogP contribution < -0.4 is 16.0 Å². The third-order valence-corrected chi connectivity index (χ3v) is 26.2. The molecule has 62 nitrogen and oxygen atoms in total. The van der Waals surface area contributed by atoms with Crippen molar-refractivity contribution in [1.82, 2.24) is 16.0 Å². The minimum Gasteiger partial charge on any atom is -0.394 e. The Morgan fingerprint density at radius 2 is 0.429 bits per heavy atom. The summed E-state index contributed by atoms with van der Waals surface area (Å²) in [5.74, 6) is -2.77. The summed E-state index contributed by atoms with van der Waals surface area (Å²) in [6.07, 6.45) is -119. The second-order valence-corrected chi connectivity index (χ2v) is 35.9. The van der Waals surface area contributed by atoms with Crippen LogP contribution in [0.1, 0.15) is 34.6 Å². The van der Waals surface area contributed by atoms with Crippen LogP contribution in [0.3, 0.4) is 0 Å². The Kier molecular flexibility index (Phi) is 40.8. The van der Waals surface area contributed by atoms with E-state index in [1.165, 1.54) is 13.8 Å². The predicted octanol–water partition coefficient (Wildman–Crippen LogP) is -24.7. The van der Waals surface area contributed by atoms with Crippen molar-refractivity contribution >= 4 is 17.7 Å². The van der Waals surface area contributed by atoms with Crippen LogP contribution in [0.15, 0.2) is 0 Å². The van der Waals surface area contributed by atoms with Gasteiger partial charge in [-0.05, 0) is 13.8 Å². The smallest absolute Gasteiger partial charge is 0.217 e. The van der Waals surface area contributed by atoms with E-state index < -0.39 is 452 Å². The first kappa shape index (κ1) is 115. The minimum atomic E-state index is -2.59. The highest BCUT2D eigenvalue weighted by Crippen LogP contribution is 2.43. The van der Waals surface area contributed by atoms with Crippen molar-refractivity contribution in [3.63, 3.8) is 0 Å². The Balaban J connectivity index is 0.777. The average Bonchev–Trinajstić information content (AvgIpc) is 0.768. The molecule has 12 fully saturated rings. The van der Waals surface area contributed by atoms with Crippen LogP contribution in [0.25, 0.3) is 0 Å². The fourth-order valence-corrected chi connectivity index (χ4v) is 18.3. The zero-order valence-electron chi connectivity index (χ0n) is 75.1. The molecule has 3 amide bonds. The Morgan fingerprint density at radius 1 is 0.200 bits per heavy atom. The van der Waals surface area contributed by atoms with E-state index in [2.05, 4.69) is 16.0 Å². The molecule has 12 rings (SSSR count). The van der Waals surface area contributed by atoms with Crippen molar-refractivity contribution in [2.45, 2.75) is 403 Å². The van der Waals surface area contributed by atoms with Gasteiger partial charge in [0.1, 0.15) is 281 Å². The van der Waals surface area contributed by atoms with E-state index in [0.717, 1.165) is 20.8 Å². The molecular weight excluding hydrogens is 1920 g/mol. The molecule has 0 saturated carbocycles. The molecular formula is C78H131N3O59. The number of ether oxygens (including phenoxy) is 23. The van der Waals surface area contributed by atoms with Crippen molar-refractivity contribution in [1.29, 1.82) is 0 Å². The quantitative estimate of drug-likeness (QED) is 0.0280. The van der Waals surface area contributed by atoms with Gasteiger partial charge < -0.3 is 293 Å². The molecule has 62 heteroatoms. The van der Waals surface area contributed by atoms with Crippen LogP contribution in [0.4, 0.5) is 0 Å². The third-order valence-electron chi connectivity index (χ3n) is 26.2. The SMILES string of the molecule is CC(=O)N[C@@H]1[C@@H](O[C@@H]2O[C@H](CO[C@@H]3O[C@H](CO)[C@@H](O[C@@H]4O[C@H](CO)[C@H](O[C@H]5O[C@H](CO)[C@H](O)[C@H](O[C@H]6O[C@H](CO)[C@H](O)[C@H](O)[C@H]6O[C@@H]6O[C@@H](C)[C@@H](O)[C@@H](O)[C@@H]6O)[C@H]5O)[C@H](O)[C@H]4O)[C@H](O)[C@H]3NC(C)=O)[C@H](O)[C@H](O[C@@H]3O[C@H](CO)[C@H](O[C@H]4O[C@H](CO)[C@H](O)[C@H](O[C@H]5O[C@H](CO)[C@H](O)[C@H](O)[C@H]5O[C@@H]5O[C@@H](C)[C@@H](O)[C@@H](O)[C@@H]5O)[C@H]4O)[C@H](O)[C@H]3O)[C@H]2O)[C@@H](O)[C@@H](CO[C@@H]2O[C@H](CO)[C@@H](O)[C@H](O)[C@H]2NC(C)=O)O[C@@H]1O. The second kappa shape index (κ2) is 49.7. The fraction of sp³-hybridized carbons (Fsp3) is 0.962. The number of aliphatic hydroxyl groups excluding tert-OH is 33. The molecule has 0 unspecified atom stereocenters. The van der Waals surface area contributed by atoms with Crippen LogP contribution in [0.5, 0.6) is 0 Å². The zero-order valence-corrected chi connectivity index (χ0v) is 75.1. The number of amides is 3. The van der Waals surface area contributed by atoms with E-state index >= 15 is 0 Å². The number of hydrogen-bond donors (Lipinski definition) is 36. The molecule has 12 saturated heterocycles. The molecule has 60 atom stereocenters. The van der Waals surface area contributed by atoms with Crippen LogP contribution in [0.2, 0.25) is 0 Å². The predicted molar refractivity (Wildman–Crippen MR) is 427 cm³/mol. The van der Waals surface area contributed by atoms with E-state index in [0.29, 0.717) is 0 Å². The second-order valence-electron chi connectivity index (χ2n) is 35.9. The Hall–Kier alpha value is -3.83. The van der Waals surface area contributed by atoms with Crippen molar-refractivity contribution in [3.8, 4) is 0 Å². The molecule has 0 aliphatic carbocycles. The van der Waals surface area contributed by atoms with Gasteiger partial charge in [-0.1, -0.05) is 0 Å². The van der Waals surface area contributed by atoms with Gasteiger partial charge in [0.15, 0.2) is 75.5 Å². The van der Waals surface area contributed by atoms with Gasteiger partial charge in [-0.25, -0.2) is 0 Å². The number of carbonyl (C=O) groups excluding carboxylic acids is 3. The normalized spacial score (nSPS) is 51.6. The van der Waals surface area contributed by atoms with Crippen LogP contribution >= 0.6 is 0 Å². The highest BCUT2D eigenvalue weighted by molar-refractivity contribution is 5.74. The molecule has 0 aromatic carbocycles. The summed E-state index contributed by atoms with van der Waals surface area (Å²) in [7, 11) is 0. The van der Waals surface area contributed by atoms with E-state index in [1.807, 2.05) is 0 Å². The van der Waals surface area contributed by atoms with Gasteiger partial charge >= 0.3 is 0 Å². The van der Waals surface area contributed by atoms with Gasteiger partial charge in [0.05, 0.1) is 78.3 Å². The van der Waals surface area contributed by atoms with Crippen LogP contribution in [-0.4, -0.2) is 621 Å². The lowest BCUT2D eigenvalue weighted by Gasteiger charge is -2.50. The molecule has 0 aromatic rings. The van der Waals surface area contributed by atoms with Crippen molar-refractivity contribution in [3.05, 3.63) is 0 Å². The van der Waals surface area contributed by atoms with Gasteiger partial charge in [-0.3, -0.25) is 14.4 Å². The number of hydrogen-bond acceptors (Lipinski definition) is 59. The average molecular weight is 2050 g/mol. The first-order valence-electron chi connectivity index (χ1n) is 44.9. The lowest BCUT2D eigenvalue weighted by atomic mass is 9.94. The first-order valence-corrected chi connectivity index (χ1v) is 44.9. The highest BCUT2D eigenvalue weighted by atomic mass is 16.8. The summed E-state index contributed by atoms with van der Waals surface area (Å²) in [5.41, 5.74) is 0. The summed E-state index contributed by atoms with van der Waals surface area (Å²) in [6, 6.07) is -5.57. The highest BCUT2D eigenvalue weighted by Gasteiger charge is 2.63. The summed E-state index contributed by atoms with van der Waals surface area (Å²) < 4.78 is 134. The largest absolute Gasteiger partial charge is 0.394 e. The van der Waals surface area contributed by atoms with Crippen molar-refractivity contribution in [2.24, 2.45) is 0 Å². The van der Waals surface area contributed by atoms with Crippen LogP contribution in [-0.2, 0) is 123 Å². The van der Waals surface area contributed by atoms with Gasteiger partial charge in [-0.15, -0.1) is 0 Å². The number of aliphatic hydroxyl groups is 33. The first-order chi connectivity index (χ1) is 66.2. The van der Waals surface area contributed by atoms with Gasteiger partial charge in [-0.2, -0.15) is 0 Å². The fourth-order valence-electron chi connectivity index (χ4n) is 18.3. The lowest BCUT2D eigenvalue weighted by molar-refractivity contribution is -0.401. The number of carbonyl (C=O) groups is 3. The van der Waals surface area contributed by atoms with Gasteiger partial charge in [0, 0.05) is 20.8 Å². The molecule has 0 aromatic heterocycles. The lowest BCUT2D eigenvalue weighted by Crippen LogP contribution is -2.70. The molecule has 12 heterocycles. The Bertz CT molecular complexity index is 3820. The Labute approximate surface area is 792 Å². The maximum Gasteiger partial charge on any atom is 0.217 e. The molecule has 12 aliphatic heterocycles. The van der Waals surface area contributed by atoms with Crippen LogP contribution in [0, 0.1) is 0 Å². The molecule has 0 bridgehead atoms. The van der Waals surface area contributed by atoms with E-state index in [4.69, 9.17) is 109 Å².